The van der Waals surface area contributed by atoms with Gasteiger partial charge in [0.2, 0.25) is 0 Å². The Morgan fingerprint density at radius 3 is 2.56 bits per heavy atom. The first-order chi connectivity index (χ1) is 8.74. The van der Waals surface area contributed by atoms with Gasteiger partial charge in [0.1, 0.15) is 0 Å². The summed E-state index contributed by atoms with van der Waals surface area (Å²) in [5, 5.41) is 1.08. The van der Waals surface area contributed by atoms with Crippen molar-refractivity contribution in [1.29, 1.82) is 0 Å². The molecule has 0 amide bonds. The van der Waals surface area contributed by atoms with Crippen molar-refractivity contribution < 1.29 is 9.47 Å². The highest BCUT2D eigenvalue weighted by atomic mass is 79.9. The van der Waals surface area contributed by atoms with Gasteiger partial charge in [0.25, 0.3) is 0 Å². The summed E-state index contributed by atoms with van der Waals surface area (Å²) >= 11 is 3.43. The fraction of sp³-hybridized carbons (Fsp3) is 0.357. The molecule has 0 aliphatic heterocycles. The van der Waals surface area contributed by atoms with E-state index in [0.717, 1.165) is 20.9 Å². The molecule has 0 radical (unpaired) electrons. The van der Waals surface area contributed by atoms with Gasteiger partial charge in [-0.25, -0.2) is 0 Å². The molecule has 2 rings (SSSR count). The second-order valence-corrected chi connectivity index (χ2v) is 4.76. The summed E-state index contributed by atoms with van der Waals surface area (Å²) < 4.78 is 12.2. The van der Waals surface area contributed by atoms with Crippen LogP contribution in [0.5, 0.6) is 0 Å². The lowest BCUT2D eigenvalue weighted by Crippen LogP contribution is -2.08. The smallest absolute Gasteiger partial charge is 0.183 e. The Morgan fingerprint density at radius 2 is 1.89 bits per heavy atom. The lowest BCUT2D eigenvalue weighted by atomic mass is 10.1. The van der Waals surface area contributed by atoms with Crippen molar-refractivity contribution in [2.45, 2.75) is 20.1 Å². The van der Waals surface area contributed by atoms with E-state index in [1.165, 1.54) is 0 Å². The van der Waals surface area contributed by atoms with Gasteiger partial charge in [-0.15, -0.1) is 0 Å². The number of ether oxygens (including phenoxy) is 2. The minimum absolute atomic E-state index is 0.302. The van der Waals surface area contributed by atoms with Gasteiger partial charge in [-0.1, -0.05) is 6.07 Å². The lowest BCUT2D eigenvalue weighted by Gasteiger charge is -2.17. The molecule has 0 aliphatic rings. The fourth-order valence-electron chi connectivity index (χ4n) is 1.81. The number of benzene rings is 1. The standard InChI is InChI=1S/C14H16BrNO2/c1-3-17-14(18-4-2)10-5-6-13-11(7-10)8-12(15)9-16-13/h5-9,14H,3-4H2,1-2H3. The first kappa shape index (κ1) is 13.5. The van der Waals surface area contributed by atoms with Crippen LogP contribution in [0.15, 0.2) is 34.9 Å². The SMILES string of the molecule is CCOC(OCC)c1ccc2ncc(Br)cc2c1. The van der Waals surface area contributed by atoms with Crippen molar-refractivity contribution in [2.24, 2.45) is 0 Å². The monoisotopic (exact) mass is 309 g/mol. The summed E-state index contributed by atoms with van der Waals surface area (Å²) in [6, 6.07) is 8.09. The molecule has 0 N–H and O–H groups in total. The number of hydrogen-bond donors (Lipinski definition) is 0. The summed E-state index contributed by atoms with van der Waals surface area (Å²) in [5.74, 6) is 0. The van der Waals surface area contributed by atoms with Crippen molar-refractivity contribution in [3.8, 4) is 0 Å². The highest BCUT2D eigenvalue weighted by molar-refractivity contribution is 9.10. The predicted molar refractivity (Wildman–Crippen MR) is 75.4 cm³/mol. The maximum atomic E-state index is 5.59. The Balaban J connectivity index is 2.37. The largest absolute Gasteiger partial charge is 0.349 e. The summed E-state index contributed by atoms with van der Waals surface area (Å²) in [7, 11) is 0. The molecule has 1 aromatic carbocycles. The normalized spacial score (nSPS) is 11.3. The Kier molecular flexibility index (Phi) is 4.69. The van der Waals surface area contributed by atoms with Crippen LogP contribution in [0.1, 0.15) is 25.7 Å². The van der Waals surface area contributed by atoms with Crippen LogP contribution >= 0.6 is 15.9 Å². The van der Waals surface area contributed by atoms with Crippen LogP contribution in [0.4, 0.5) is 0 Å². The Bertz CT molecular complexity index is 524. The Morgan fingerprint density at radius 1 is 1.17 bits per heavy atom. The minimum atomic E-state index is -0.302. The van der Waals surface area contributed by atoms with Gasteiger partial charge in [-0.3, -0.25) is 4.98 Å². The topological polar surface area (TPSA) is 31.4 Å². The van der Waals surface area contributed by atoms with E-state index >= 15 is 0 Å². The predicted octanol–water partition coefficient (Wildman–Crippen LogP) is 4.07. The average Bonchev–Trinajstić information content (AvgIpc) is 2.37. The number of halogens is 1. The second kappa shape index (κ2) is 6.27. The van der Waals surface area contributed by atoms with Crippen LogP contribution in [0.2, 0.25) is 0 Å². The van der Waals surface area contributed by atoms with Gasteiger partial charge >= 0.3 is 0 Å². The number of nitrogens with zero attached hydrogens (tertiary/aromatic N) is 1. The van der Waals surface area contributed by atoms with Crippen LogP contribution in [-0.4, -0.2) is 18.2 Å². The van der Waals surface area contributed by atoms with E-state index in [9.17, 15) is 0 Å². The zero-order valence-corrected chi connectivity index (χ0v) is 12.1. The van der Waals surface area contributed by atoms with Gasteiger partial charge < -0.3 is 9.47 Å². The van der Waals surface area contributed by atoms with Crippen molar-refractivity contribution in [1.82, 2.24) is 4.98 Å². The number of rotatable bonds is 5. The van der Waals surface area contributed by atoms with E-state index in [2.05, 4.69) is 27.0 Å². The third kappa shape index (κ3) is 3.07. The third-order valence-corrected chi connectivity index (χ3v) is 3.01. The van der Waals surface area contributed by atoms with Gasteiger partial charge in [0.15, 0.2) is 6.29 Å². The van der Waals surface area contributed by atoms with E-state index in [0.29, 0.717) is 13.2 Å². The molecule has 18 heavy (non-hydrogen) atoms. The second-order valence-electron chi connectivity index (χ2n) is 3.85. The molecule has 0 fully saturated rings. The van der Waals surface area contributed by atoms with Crippen molar-refractivity contribution in [3.05, 3.63) is 40.5 Å². The van der Waals surface area contributed by atoms with Crippen molar-refractivity contribution in [2.75, 3.05) is 13.2 Å². The maximum Gasteiger partial charge on any atom is 0.183 e. The van der Waals surface area contributed by atoms with Crippen LogP contribution in [-0.2, 0) is 9.47 Å². The van der Waals surface area contributed by atoms with E-state index < -0.39 is 0 Å². The highest BCUT2D eigenvalue weighted by Crippen LogP contribution is 2.24. The number of hydrogen-bond acceptors (Lipinski definition) is 3. The first-order valence-corrected chi connectivity index (χ1v) is 6.82. The molecule has 1 heterocycles. The molecule has 0 aliphatic carbocycles. The zero-order valence-electron chi connectivity index (χ0n) is 10.5. The zero-order chi connectivity index (χ0) is 13.0. The molecule has 0 unspecified atom stereocenters. The lowest BCUT2D eigenvalue weighted by molar-refractivity contribution is -0.140. The molecule has 0 spiro atoms. The van der Waals surface area contributed by atoms with Crippen molar-refractivity contribution >= 4 is 26.8 Å². The van der Waals surface area contributed by atoms with Crippen LogP contribution < -0.4 is 0 Å². The number of aromatic nitrogens is 1. The Labute approximate surface area is 115 Å². The molecule has 0 atom stereocenters. The fourth-order valence-corrected chi connectivity index (χ4v) is 2.16. The third-order valence-electron chi connectivity index (χ3n) is 2.58. The summed E-state index contributed by atoms with van der Waals surface area (Å²) in [4.78, 5) is 4.34. The molecule has 3 nitrogen and oxygen atoms in total. The van der Waals surface area contributed by atoms with Crippen LogP contribution in [0, 0.1) is 0 Å². The van der Waals surface area contributed by atoms with Gasteiger partial charge in [0.05, 0.1) is 5.52 Å². The van der Waals surface area contributed by atoms with Gasteiger partial charge in [0, 0.05) is 34.8 Å². The van der Waals surface area contributed by atoms with Crippen LogP contribution in [0.3, 0.4) is 0 Å². The minimum Gasteiger partial charge on any atom is -0.349 e. The molecule has 96 valence electrons. The maximum absolute atomic E-state index is 5.59. The quantitative estimate of drug-likeness (QED) is 0.780. The van der Waals surface area contributed by atoms with E-state index in [1.54, 1.807) is 6.20 Å². The van der Waals surface area contributed by atoms with Gasteiger partial charge in [-0.2, -0.15) is 0 Å². The van der Waals surface area contributed by atoms with Gasteiger partial charge in [-0.05, 0) is 48.0 Å². The molecule has 1 aromatic heterocycles. The van der Waals surface area contributed by atoms with E-state index in [4.69, 9.17) is 9.47 Å². The molecule has 0 saturated heterocycles. The average molecular weight is 310 g/mol. The Hall–Kier alpha value is -0.970. The number of fused-ring (bicyclic) bond motifs is 1. The van der Waals surface area contributed by atoms with E-state index in [1.807, 2.05) is 32.0 Å². The molecule has 2 aromatic rings. The summed E-state index contributed by atoms with van der Waals surface area (Å²) in [5.41, 5.74) is 1.99. The van der Waals surface area contributed by atoms with E-state index in [-0.39, 0.29) is 6.29 Å². The highest BCUT2D eigenvalue weighted by Gasteiger charge is 2.11. The summed E-state index contributed by atoms with van der Waals surface area (Å²) in [6.07, 6.45) is 1.49. The molecular formula is C14H16BrNO2. The molecule has 0 bridgehead atoms. The molecular weight excluding hydrogens is 294 g/mol. The summed E-state index contributed by atoms with van der Waals surface area (Å²) in [6.45, 7) is 5.18. The first-order valence-electron chi connectivity index (χ1n) is 6.03. The van der Waals surface area contributed by atoms with Crippen molar-refractivity contribution in [3.63, 3.8) is 0 Å². The van der Waals surface area contributed by atoms with Crippen LogP contribution in [0.25, 0.3) is 10.9 Å². The molecule has 4 heteroatoms. The number of pyridine rings is 1. The molecule has 0 saturated carbocycles.